The molecule has 25 heavy (non-hydrogen) atoms. The molecule has 0 spiro atoms. The van der Waals surface area contributed by atoms with Crippen LogP contribution in [0, 0.1) is 0 Å². The van der Waals surface area contributed by atoms with Crippen LogP contribution in [0.15, 0.2) is 47.3 Å². The number of aromatic nitrogens is 1. The van der Waals surface area contributed by atoms with Crippen LogP contribution in [-0.4, -0.2) is 37.1 Å². The lowest BCUT2D eigenvalue weighted by Gasteiger charge is -2.32. The molecular formula is C18H20N2O5. The molecule has 0 radical (unpaired) electrons. The second-order valence-electron chi connectivity index (χ2n) is 5.85. The van der Waals surface area contributed by atoms with Crippen molar-refractivity contribution in [2.24, 2.45) is 5.73 Å². The largest absolute Gasteiger partial charge is 0.460 e. The summed E-state index contributed by atoms with van der Waals surface area (Å²) in [5.74, 6) is -0.945. The zero-order valence-electron chi connectivity index (χ0n) is 14.0. The van der Waals surface area contributed by atoms with Gasteiger partial charge < -0.3 is 19.9 Å². The maximum absolute atomic E-state index is 12.6. The first-order valence-corrected chi connectivity index (χ1v) is 8.13. The van der Waals surface area contributed by atoms with E-state index in [4.69, 9.17) is 19.9 Å². The zero-order chi connectivity index (χ0) is 17.8. The SMILES string of the molecule is COCCOC(=O)C1=C(N)OC2=C(CCCC2=O)C1c1ccncc1. The van der Waals surface area contributed by atoms with Gasteiger partial charge in [0.05, 0.1) is 6.61 Å². The van der Waals surface area contributed by atoms with Gasteiger partial charge in [0, 0.05) is 31.8 Å². The Hall–Kier alpha value is -2.67. The van der Waals surface area contributed by atoms with Gasteiger partial charge in [-0.2, -0.15) is 0 Å². The molecule has 7 nitrogen and oxygen atoms in total. The Labute approximate surface area is 145 Å². The number of nitrogens with zero attached hydrogens (tertiary/aromatic N) is 1. The van der Waals surface area contributed by atoms with Crippen LogP contribution in [0.3, 0.4) is 0 Å². The van der Waals surface area contributed by atoms with Crippen molar-refractivity contribution >= 4 is 11.8 Å². The van der Waals surface area contributed by atoms with Crippen molar-refractivity contribution in [1.82, 2.24) is 4.98 Å². The van der Waals surface area contributed by atoms with Crippen LogP contribution >= 0.6 is 0 Å². The number of ketones is 1. The van der Waals surface area contributed by atoms with E-state index in [-0.39, 0.29) is 36.2 Å². The molecule has 0 aromatic carbocycles. The Kier molecular flexibility index (Phi) is 5.14. The van der Waals surface area contributed by atoms with Gasteiger partial charge >= 0.3 is 5.97 Å². The highest BCUT2D eigenvalue weighted by Crippen LogP contribution is 2.44. The number of allylic oxidation sites excluding steroid dienone is 2. The van der Waals surface area contributed by atoms with E-state index in [0.29, 0.717) is 19.3 Å². The van der Waals surface area contributed by atoms with E-state index in [1.165, 1.54) is 7.11 Å². The van der Waals surface area contributed by atoms with Gasteiger partial charge in [-0.3, -0.25) is 9.78 Å². The number of esters is 1. The number of ether oxygens (including phenoxy) is 3. The monoisotopic (exact) mass is 344 g/mol. The zero-order valence-corrected chi connectivity index (χ0v) is 14.0. The fourth-order valence-electron chi connectivity index (χ4n) is 3.16. The predicted octanol–water partition coefficient (Wildman–Crippen LogP) is 1.56. The van der Waals surface area contributed by atoms with E-state index in [2.05, 4.69) is 4.98 Å². The topological polar surface area (TPSA) is 101 Å². The summed E-state index contributed by atoms with van der Waals surface area (Å²) in [7, 11) is 1.52. The summed E-state index contributed by atoms with van der Waals surface area (Å²) >= 11 is 0. The third kappa shape index (κ3) is 3.41. The van der Waals surface area contributed by atoms with Crippen LogP contribution in [0.4, 0.5) is 0 Å². The molecule has 0 bridgehead atoms. The maximum Gasteiger partial charge on any atom is 0.340 e. The lowest BCUT2D eigenvalue weighted by molar-refractivity contribution is -0.141. The normalized spacial score (nSPS) is 20.2. The molecule has 1 unspecified atom stereocenters. The lowest BCUT2D eigenvalue weighted by atomic mass is 9.78. The first-order chi connectivity index (χ1) is 12.1. The molecule has 1 aliphatic carbocycles. The molecular weight excluding hydrogens is 324 g/mol. The van der Waals surface area contributed by atoms with Crippen LogP contribution in [0.2, 0.25) is 0 Å². The van der Waals surface area contributed by atoms with Crippen LogP contribution in [-0.2, 0) is 23.8 Å². The molecule has 132 valence electrons. The van der Waals surface area contributed by atoms with Crippen molar-refractivity contribution in [2.45, 2.75) is 25.2 Å². The second-order valence-corrected chi connectivity index (χ2v) is 5.85. The number of rotatable bonds is 5. The number of Topliss-reactive ketones (excluding diaryl/α,β-unsaturated/α-hetero) is 1. The molecule has 2 aliphatic rings. The number of hydrogen-bond acceptors (Lipinski definition) is 7. The average molecular weight is 344 g/mol. The molecule has 0 amide bonds. The van der Waals surface area contributed by atoms with E-state index in [1.807, 2.05) is 0 Å². The fraction of sp³-hybridized carbons (Fsp3) is 0.389. The molecule has 1 aromatic heterocycles. The van der Waals surface area contributed by atoms with Crippen LogP contribution in [0.1, 0.15) is 30.7 Å². The third-order valence-corrected chi connectivity index (χ3v) is 4.29. The van der Waals surface area contributed by atoms with E-state index >= 15 is 0 Å². The van der Waals surface area contributed by atoms with Crippen LogP contribution in [0.25, 0.3) is 0 Å². The first-order valence-electron chi connectivity index (χ1n) is 8.13. The first kappa shape index (κ1) is 17.2. The Morgan fingerprint density at radius 3 is 2.80 bits per heavy atom. The summed E-state index contributed by atoms with van der Waals surface area (Å²) in [4.78, 5) is 28.9. The van der Waals surface area contributed by atoms with Gasteiger partial charge in [-0.25, -0.2) is 4.79 Å². The molecule has 1 aliphatic heterocycles. The molecule has 1 atom stereocenters. The summed E-state index contributed by atoms with van der Waals surface area (Å²) in [6, 6.07) is 3.60. The van der Waals surface area contributed by atoms with E-state index in [1.54, 1.807) is 24.5 Å². The summed E-state index contributed by atoms with van der Waals surface area (Å²) in [6.07, 6.45) is 5.08. The highest BCUT2D eigenvalue weighted by molar-refractivity contribution is 5.98. The van der Waals surface area contributed by atoms with Gasteiger partial charge in [-0.15, -0.1) is 0 Å². The summed E-state index contributed by atoms with van der Waals surface area (Å²) in [6.45, 7) is 0.395. The van der Waals surface area contributed by atoms with Gasteiger partial charge in [0.2, 0.25) is 5.88 Å². The van der Waals surface area contributed by atoms with Crippen molar-refractivity contribution in [3.05, 3.63) is 52.9 Å². The highest BCUT2D eigenvalue weighted by atomic mass is 16.6. The highest BCUT2D eigenvalue weighted by Gasteiger charge is 2.40. The van der Waals surface area contributed by atoms with Crippen LogP contribution < -0.4 is 5.73 Å². The number of nitrogens with two attached hydrogens (primary N) is 1. The molecule has 2 N–H and O–H groups in total. The van der Waals surface area contributed by atoms with Crippen molar-refractivity contribution < 1.29 is 23.8 Å². The Balaban J connectivity index is 2.01. The summed E-state index contributed by atoms with van der Waals surface area (Å²) < 4.78 is 15.7. The van der Waals surface area contributed by atoms with Gasteiger partial charge in [-0.05, 0) is 36.1 Å². The average Bonchev–Trinajstić information content (AvgIpc) is 2.62. The van der Waals surface area contributed by atoms with Gasteiger partial charge in [0.15, 0.2) is 11.5 Å². The van der Waals surface area contributed by atoms with Crippen molar-refractivity contribution in [2.75, 3.05) is 20.3 Å². The smallest absolute Gasteiger partial charge is 0.340 e. The summed E-state index contributed by atoms with van der Waals surface area (Å²) in [5, 5.41) is 0. The lowest BCUT2D eigenvalue weighted by Crippen LogP contribution is -2.31. The second kappa shape index (κ2) is 7.48. The molecule has 3 rings (SSSR count). The Morgan fingerprint density at radius 1 is 1.32 bits per heavy atom. The fourth-order valence-corrected chi connectivity index (χ4v) is 3.16. The molecule has 0 saturated carbocycles. The maximum atomic E-state index is 12.6. The standard InChI is InChI=1S/C18H20N2O5/c1-23-9-10-24-18(22)15-14(11-5-7-20-8-6-11)12-3-2-4-13(21)16(12)25-17(15)19/h5-8,14H,2-4,9-10,19H2,1H3. The predicted molar refractivity (Wildman–Crippen MR) is 88.0 cm³/mol. The minimum absolute atomic E-state index is 0.0850. The molecule has 0 saturated heterocycles. The quantitative estimate of drug-likeness (QED) is 0.639. The molecule has 1 aromatic rings. The van der Waals surface area contributed by atoms with Crippen molar-refractivity contribution in [3.8, 4) is 0 Å². The Morgan fingerprint density at radius 2 is 2.08 bits per heavy atom. The number of hydrogen-bond donors (Lipinski definition) is 1. The molecule has 2 heterocycles. The molecule has 7 heteroatoms. The van der Waals surface area contributed by atoms with Gasteiger partial charge in [0.25, 0.3) is 0 Å². The van der Waals surface area contributed by atoms with E-state index in [9.17, 15) is 9.59 Å². The van der Waals surface area contributed by atoms with E-state index < -0.39 is 11.9 Å². The van der Waals surface area contributed by atoms with Crippen molar-refractivity contribution in [1.29, 1.82) is 0 Å². The third-order valence-electron chi connectivity index (χ3n) is 4.29. The van der Waals surface area contributed by atoms with Gasteiger partial charge in [-0.1, -0.05) is 0 Å². The van der Waals surface area contributed by atoms with Crippen LogP contribution in [0.5, 0.6) is 0 Å². The number of carbonyl (C=O) groups is 2. The number of methoxy groups -OCH3 is 1. The summed E-state index contributed by atoms with van der Waals surface area (Å²) in [5.41, 5.74) is 7.82. The minimum Gasteiger partial charge on any atom is -0.460 e. The minimum atomic E-state index is -0.569. The van der Waals surface area contributed by atoms with E-state index in [0.717, 1.165) is 11.1 Å². The number of carbonyl (C=O) groups excluding carboxylic acids is 2. The van der Waals surface area contributed by atoms with Gasteiger partial charge in [0.1, 0.15) is 12.2 Å². The molecule has 0 fully saturated rings. The Bertz CT molecular complexity index is 739. The van der Waals surface area contributed by atoms with Crippen molar-refractivity contribution in [3.63, 3.8) is 0 Å². The number of pyridine rings is 1.